The van der Waals surface area contributed by atoms with Gasteiger partial charge in [0, 0.05) is 24.3 Å². The number of rotatable bonds is 11. The Morgan fingerprint density at radius 2 is 0.875 bits per heavy atom. The lowest BCUT2D eigenvalue weighted by Crippen LogP contribution is -2.15. The molecule has 0 spiro atoms. The van der Waals surface area contributed by atoms with Crippen LogP contribution in [-0.2, 0) is 19.1 Å². The van der Waals surface area contributed by atoms with Gasteiger partial charge in [0.2, 0.25) is 11.5 Å². The number of carbonyl (C=O) groups is 2. The standard InChI is InChI=1S/C20H22O12/c21-13-7-11(8-14(22)19(13)27)31-17(25)1-3-29-5-6-30-4-2-18(26)32-12-9-15(23)20(28)16(24)10-12/h7-10,21-24,27-28H,1-6H2. The normalized spacial score (nSPS) is 10.6. The van der Waals surface area contributed by atoms with Gasteiger partial charge in [0.1, 0.15) is 11.5 Å². The van der Waals surface area contributed by atoms with Gasteiger partial charge in [-0.05, 0) is 0 Å². The Morgan fingerprint density at radius 1 is 0.562 bits per heavy atom. The summed E-state index contributed by atoms with van der Waals surface area (Å²) in [5.41, 5.74) is 0. The van der Waals surface area contributed by atoms with Crippen molar-refractivity contribution in [2.24, 2.45) is 0 Å². The quantitative estimate of drug-likeness (QED) is 0.123. The van der Waals surface area contributed by atoms with Crippen molar-refractivity contribution in [3.8, 4) is 46.0 Å². The summed E-state index contributed by atoms with van der Waals surface area (Å²) in [7, 11) is 0. The van der Waals surface area contributed by atoms with E-state index in [9.17, 15) is 40.2 Å². The fourth-order valence-corrected chi connectivity index (χ4v) is 2.27. The molecule has 0 amide bonds. The molecule has 0 saturated heterocycles. The average Bonchev–Trinajstić information content (AvgIpc) is 2.72. The van der Waals surface area contributed by atoms with Crippen LogP contribution in [0.1, 0.15) is 12.8 Å². The highest BCUT2D eigenvalue weighted by Crippen LogP contribution is 2.39. The summed E-state index contributed by atoms with van der Waals surface area (Å²) in [6, 6.07) is 3.89. The van der Waals surface area contributed by atoms with Crippen LogP contribution in [0.5, 0.6) is 46.0 Å². The molecule has 0 unspecified atom stereocenters. The van der Waals surface area contributed by atoms with Crippen molar-refractivity contribution in [2.45, 2.75) is 12.8 Å². The molecule has 32 heavy (non-hydrogen) atoms. The van der Waals surface area contributed by atoms with E-state index in [1.54, 1.807) is 0 Å². The summed E-state index contributed by atoms with van der Waals surface area (Å²) in [6.45, 7) is 0.272. The molecule has 0 aliphatic carbocycles. The highest BCUT2D eigenvalue weighted by molar-refractivity contribution is 5.73. The van der Waals surface area contributed by atoms with E-state index >= 15 is 0 Å². The molecule has 2 aromatic rings. The second-order valence-electron chi connectivity index (χ2n) is 6.29. The number of benzene rings is 2. The maximum atomic E-state index is 11.7. The topological polar surface area (TPSA) is 192 Å². The van der Waals surface area contributed by atoms with Gasteiger partial charge in [0.25, 0.3) is 0 Å². The molecule has 0 bridgehead atoms. The Labute approximate surface area is 181 Å². The minimum atomic E-state index is -0.722. The molecule has 12 heteroatoms. The van der Waals surface area contributed by atoms with Gasteiger partial charge in [-0.15, -0.1) is 0 Å². The largest absolute Gasteiger partial charge is 0.504 e. The summed E-state index contributed by atoms with van der Waals surface area (Å²) >= 11 is 0. The SMILES string of the molecule is O=C(CCOCCOCCC(=O)Oc1cc(O)c(O)c(O)c1)Oc1cc(O)c(O)c(O)c1. The number of hydrogen-bond acceptors (Lipinski definition) is 12. The molecule has 2 rings (SSSR count). The van der Waals surface area contributed by atoms with Crippen LogP contribution in [0, 0.1) is 0 Å². The Morgan fingerprint density at radius 3 is 1.19 bits per heavy atom. The van der Waals surface area contributed by atoms with Crippen LogP contribution in [0.4, 0.5) is 0 Å². The number of aromatic hydroxyl groups is 6. The van der Waals surface area contributed by atoms with Gasteiger partial charge < -0.3 is 49.6 Å². The van der Waals surface area contributed by atoms with Crippen molar-refractivity contribution in [3.05, 3.63) is 24.3 Å². The zero-order valence-corrected chi connectivity index (χ0v) is 16.7. The Balaban J connectivity index is 1.55. The van der Waals surface area contributed by atoms with Crippen LogP contribution in [0.3, 0.4) is 0 Å². The number of phenols is 6. The first-order chi connectivity index (χ1) is 15.2. The first kappa shape index (κ1) is 24.4. The molecule has 0 aliphatic rings. The monoisotopic (exact) mass is 454 g/mol. The van der Waals surface area contributed by atoms with Crippen LogP contribution < -0.4 is 9.47 Å². The van der Waals surface area contributed by atoms with Crippen LogP contribution in [0.2, 0.25) is 0 Å². The van der Waals surface area contributed by atoms with Gasteiger partial charge in [0.15, 0.2) is 23.0 Å². The van der Waals surface area contributed by atoms with Crippen molar-refractivity contribution in [2.75, 3.05) is 26.4 Å². The van der Waals surface area contributed by atoms with Crippen LogP contribution in [-0.4, -0.2) is 69.0 Å². The van der Waals surface area contributed by atoms with Crippen molar-refractivity contribution < 1.29 is 59.2 Å². The van der Waals surface area contributed by atoms with E-state index in [2.05, 4.69) is 0 Å². The first-order valence-electron chi connectivity index (χ1n) is 9.24. The zero-order valence-electron chi connectivity index (χ0n) is 16.7. The molecule has 0 radical (unpaired) electrons. The van der Waals surface area contributed by atoms with Gasteiger partial charge in [-0.25, -0.2) is 0 Å². The van der Waals surface area contributed by atoms with E-state index < -0.39 is 46.4 Å². The average molecular weight is 454 g/mol. The van der Waals surface area contributed by atoms with Gasteiger partial charge in [0.05, 0.1) is 39.3 Å². The Bertz CT molecular complexity index is 832. The molecule has 0 aliphatic heterocycles. The van der Waals surface area contributed by atoms with Crippen LogP contribution >= 0.6 is 0 Å². The number of carbonyl (C=O) groups excluding carboxylic acids is 2. The van der Waals surface area contributed by atoms with Crippen LogP contribution in [0.15, 0.2) is 24.3 Å². The molecule has 2 aromatic carbocycles. The molecule has 174 valence electrons. The van der Waals surface area contributed by atoms with Crippen molar-refractivity contribution in [3.63, 3.8) is 0 Å². The first-order valence-corrected chi connectivity index (χ1v) is 9.24. The van der Waals surface area contributed by atoms with E-state index in [1.165, 1.54) is 0 Å². The predicted molar refractivity (Wildman–Crippen MR) is 105 cm³/mol. The minimum Gasteiger partial charge on any atom is -0.504 e. The van der Waals surface area contributed by atoms with Gasteiger partial charge in [-0.1, -0.05) is 0 Å². The Kier molecular flexibility index (Phi) is 8.74. The van der Waals surface area contributed by atoms with E-state index in [0.717, 1.165) is 24.3 Å². The number of esters is 2. The molecule has 0 saturated carbocycles. The summed E-state index contributed by atoms with van der Waals surface area (Å²) < 4.78 is 20.2. The summed E-state index contributed by atoms with van der Waals surface area (Å²) in [4.78, 5) is 23.4. The molecule has 12 nitrogen and oxygen atoms in total. The molecule has 0 fully saturated rings. The molecule has 0 aromatic heterocycles. The Hall–Kier alpha value is -3.90. The molecule has 0 atom stereocenters. The van der Waals surface area contributed by atoms with Gasteiger partial charge in [-0.2, -0.15) is 0 Å². The lowest BCUT2D eigenvalue weighted by atomic mass is 10.3. The molecular weight excluding hydrogens is 432 g/mol. The maximum Gasteiger partial charge on any atom is 0.313 e. The highest BCUT2D eigenvalue weighted by Gasteiger charge is 2.13. The second kappa shape index (κ2) is 11.5. The van der Waals surface area contributed by atoms with Crippen LogP contribution in [0.25, 0.3) is 0 Å². The van der Waals surface area contributed by atoms with Gasteiger partial charge >= 0.3 is 11.9 Å². The highest BCUT2D eigenvalue weighted by atomic mass is 16.6. The van der Waals surface area contributed by atoms with E-state index in [4.69, 9.17) is 18.9 Å². The van der Waals surface area contributed by atoms with Gasteiger partial charge in [-0.3, -0.25) is 9.59 Å². The fourth-order valence-electron chi connectivity index (χ4n) is 2.27. The number of ether oxygens (including phenoxy) is 4. The molecule has 6 N–H and O–H groups in total. The summed E-state index contributed by atoms with van der Waals surface area (Å²) in [6.07, 6.45) is -0.248. The third-order valence-corrected chi connectivity index (χ3v) is 3.82. The predicted octanol–water partition coefficient (Wildman–Crippen LogP) is 1.24. The lowest BCUT2D eigenvalue weighted by Gasteiger charge is -2.08. The second-order valence-corrected chi connectivity index (χ2v) is 6.29. The number of phenolic OH excluding ortho intramolecular Hbond substituents is 6. The summed E-state index contributed by atoms with van der Waals surface area (Å²) in [5.74, 6) is -5.65. The van der Waals surface area contributed by atoms with Crippen molar-refractivity contribution in [1.82, 2.24) is 0 Å². The molecular formula is C20H22O12. The number of hydrogen-bond donors (Lipinski definition) is 6. The van der Waals surface area contributed by atoms with E-state index in [0.29, 0.717) is 0 Å². The van der Waals surface area contributed by atoms with E-state index in [1.807, 2.05) is 0 Å². The van der Waals surface area contributed by atoms with Crippen molar-refractivity contribution in [1.29, 1.82) is 0 Å². The van der Waals surface area contributed by atoms with Crippen molar-refractivity contribution >= 4 is 11.9 Å². The molecule has 0 heterocycles. The third kappa shape index (κ3) is 7.41. The zero-order chi connectivity index (χ0) is 23.7. The third-order valence-electron chi connectivity index (χ3n) is 3.82. The lowest BCUT2D eigenvalue weighted by molar-refractivity contribution is -0.137. The fraction of sp³-hybridized carbons (Fsp3) is 0.300. The summed E-state index contributed by atoms with van der Waals surface area (Å²) in [5, 5.41) is 55.9. The maximum absolute atomic E-state index is 11.7. The minimum absolute atomic E-state index is 0.00806. The smallest absolute Gasteiger partial charge is 0.313 e. The van der Waals surface area contributed by atoms with E-state index in [-0.39, 0.29) is 50.8 Å².